The van der Waals surface area contributed by atoms with E-state index in [1.165, 1.54) is 6.07 Å². The second-order valence-electron chi connectivity index (χ2n) is 4.86. The van der Waals surface area contributed by atoms with Gasteiger partial charge in [-0.15, -0.1) is 0 Å². The van der Waals surface area contributed by atoms with Crippen LogP contribution >= 0.6 is 27.5 Å². The number of carbonyl (C=O) groups is 1. The molecule has 23 heavy (non-hydrogen) atoms. The van der Waals surface area contributed by atoms with E-state index in [-0.39, 0.29) is 24.8 Å². The standard InChI is InChI=1S/C17H15BrClFO3/c1-3-17(21)23-15-6-4-5-13(19)11(15)9-22-16-8-14(20)10(2)7-12(16)18/h4-8H,3,9H2,1-2H3. The molecule has 0 N–H and O–H groups in total. The average molecular weight is 402 g/mol. The summed E-state index contributed by atoms with van der Waals surface area (Å²) in [4.78, 5) is 11.5. The van der Waals surface area contributed by atoms with Crippen molar-refractivity contribution in [2.45, 2.75) is 26.9 Å². The van der Waals surface area contributed by atoms with Gasteiger partial charge in [-0.1, -0.05) is 24.6 Å². The van der Waals surface area contributed by atoms with E-state index in [9.17, 15) is 9.18 Å². The number of halogens is 3. The molecule has 0 aromatic heterocycles. The lowest BCUT2D eigenvalue weighted by Crippen LogP contribution is -2.09. The number of hydrogen-bond donors (Lipinski definition) is 0. The van der Waals surface area contributed by atoms with Crippen molar-refractivity contribution in [3.05, 3.63) is 56.8 Å². The quantitative estimate of drug-likeness (QED) is 0.494. The summed E-state index contributed by atoms with van der Waals surface area (Å²) >= 11 is 9.49. The lowest BCUT2D eigenvalue weighted by atomic mass is 10.2. The molecule has 122 valence electrons. The van der Waals surface area contributed by atoms with Gasteiger partial charge in [0.1, 0.15) is 23.9 Å². The Balaban J connectivity index is 2.23. The SMILES string of the molecule is CCC(=O)Oc1cccc(Cl)c1COc1cc(F)c(C)cc1Br. The summed E-state index contributed by atoms with van der Waals surface area (Å²) in [6.07, 6.45) is 0.252. The Morgan fingerprint density at radius 3 is 2.74 bits per heavy atom. The monoisotopic (exact) mass is 400 g/mol. The normalized spacial score (nSPS) is 10.5. The Kier molecular flexibility index (Phi) is 6.02. The molecule has 0 unspecified atom stereocenters. The van der Waals surface area contributed by atoms with Crippen molar-refractivity contribution in [2.24, 2.45) is 0 Å². The maximum Gasteiger partial charge on any atom is 0.310 e. The summed E-state index contributed by atoms with van der Waals surface area (Å²) in [6.45, 7) is 3.42. The summed E-state index contributed by atoms with van der Waals surface area (Å²) in [6, 6.07) is 7.94. The van der Waals surface area contributed by atoms with E-state index in [0.717, 1.165) is 0 Å². The van der Waals surface area contributed by atoms with Gasteiger partial charge in [0.25, 0.3) is 0 Å². The molecule has 0 heterocycles. The van der Waals surface area contributed by atoms with E-state index in [1.54, 1.807) is 38.1 Å². The van der Waals surface area contributed by atoms with Gasteiger partial charge in [-0.25, -0.2) is 4.39 Å². The van der Waals surface area contributed by atoms with Crippen LogP contribution in [0.5, 0.6) is 11.5 Å². The molecule has 0 aliphatic rings. The number of esters is 1. The van der Waals surface area contributed by atoms with Gasteiger partial charge in [0.05, 0.1) is 15.1 Å². The van der Waals surface area contributed by atoms with Gasteiger partial charge in [-0.2, -0.15) is 0 Å². The molecule has 0 aliphatic heterocycles. The van der Waals surface area contributed by atoms with E-state index in [2.05, 4.69) is 15.9 Å². The third-order valence-electron chi connectivity index (χ3n) is 3.17. The molecule has 3 nitrogen and oxygen atoms in total. The maximum atomic E-state index is 13.7. The minimum absolute atomic E-state index is 0.0487. The third-order valence-corrected chi connectivity index (χ3v) is 4.15. The van der Waals surface area contributed by atoms with Crippen molar-refractivity contribution in [1.29, 1.82) is 0 Å². The summed E-state index contributed by atoms with van der Waals surface area (Å²) in [5.74, 6) is -0.0371. The molecule has 0 saturated heterocycles. The highest BCUT2D eigenvalue weighted by atomic mass is 79.9. The van der Waals surface area contributed by atoms with Gasteiger partial charge >= 0.3 is 5.97 Å². The molecule has 0 saturated carbocycles. The first-order chi connectivity index (χ1) is 10.9. The fourth-order valence-electron chi connectivity index (χ4n) is 1.86. The summed E-state index contributed by atoms with van der Waals surface area (Å²) in [5, 5.41) is 0.412. The summed E-state index contributed by atoms with van der Waals surface area (Å²) < 4.78 is 25.2. The summed E-state index contributed by atoms with van der Waals surface area (Å²) in [5.41, 5.74) is 1.04. The van der Waals surface area contributed by atoms with E-state index in [0.29, 0.717) is 32.1 Å². The minimum Gasteiger partial charge on any atom is -0.487 e. The van der Waals surface area contributed by atoms with Crippen LogP contribution in [-0.4, -0.2) is 5.97 Å². The Morgan fingerprint density at radius 1 is 1.30 bits per heavy atom. The van der Waals surface area contributed by atoms with Crippen LogP contribution in [-0.2, 0) is 11.4 Å². The molecule has 0 bridgehead atoms. The van der Waals surface area contributed by atoms with Gasteiger partial charge in [0.2, 0.25) is 0 Å². The second-order valence-corrected chi connectivity index (χ2v) is 6.13. The molecule has 2 aromatic rings. The van der Waals surface area contributed by atoms with E-state index in [1.807, 2.05) is 0 Å². The zero-order valence-electron chi connectivity index (χ0n) is 12.7. The van der Waals surface area contributed by atoms with Crippen molar-refractivity contribution < 1.29 is 18.7 Å². The lowest BCUT2D eigenvalue weighted by molar-refractivity contribution is -0.134. The summed E-state index contributed by atoms with van der Waals surface area (Å²) in [7, 11) is 0. The average Bonchev–Trinajstić information content (AvgIpc) is 2.51. The van der Waals surface area contributed by atoms with Gasteiger partial charge in [0, 0.05) is 12.5 Å². The van der Waals surface area contributed by atoms with Gasteiger partial charge in [0.15, 0.2) is 0 Å². The molecule has 0 aliphatic carbocycles. The Morgan fingerprint density at radius 2 is 2.04 bits per heavy atom. The molecule has 0 atom stereocenters. The fourth-order valence-corrected chi connectivity index (χ4v) is 2.65. The maximum absolute atomic E-state index is 13.7. The van der Waals surface area contributed by atoms with Crippen LogP contribution in [0.3, 0.4) is 0 Å². The van der Waals surface area contributed by atoms with Crippen molar-refractivity contribution in [3.8, 4) is 11.5 Å². The lowest BCUT2D eigenvalue weighted by Gasteiger charge is -2.14. The Labute approximate surface area is 147 Å². The third kappa shape index (κ3) is 4.45. The Hall–Kier alpha value is -1.59. The first-order valence-corrected chi connectivity index (χ1v) is 8.16. The molecule has 2 aromatic carbocycles. The van der Waals surface area contributed by atoms with Crippen molar-refractivity contribution in [2.75, 3.05) is 0 Å². The second kappa shape index (κ2) is 7.79. The predicted octanol–water partition coefficient (Wildman–Crippen LogP) is 5.44. The minimum atomic E-state index is -0.365. The number of rotatable bonds is 5. The van der Waals surface area contributed by atoms with Gasteiger partial charge in [-0.05, 0) is 46.6 Å². The highest BCUT2D eigenvalue weighted by Crippen LogP contribution is 2.32. The van der Waals surface area contributed by atoms with Crippen LogP contribution in [0.15, 0.2) is 34.8 Å². The van der Waals surface area contributed by atoms with Crippen molar-refractivity contribution in [1.82, 2.24) is 0 Å². The van der Waals surface area contributed by atoms with E-state index in [4.69, 9.17) is 21.1 Å². The van der Waals surface area contributed by atoms with Crippen LogP contribution in [0.25, 0.3) is 0 Å². The smallest absolute Gasteiger partial charge is 0.310 e. The zero-order chi connectivity index (χ0) is 17.0. The zero-order valence-corrected chi connectivity index (χ0v) is 15.0. The number of benzene rings is 2. The molecule has 2 rings (SSSR count). The van der Waals surface area contributed by atoms with Gasteiger partial charge in [-0.3, -0.25) is 4.79 Å². The van der Waals surface area contributed by atoms with Crippen LogP contribution in [0.4, 0.5) is 4.39 Å². The van der Waals surface area contributed by atoms with Crippen molar-refractivity contribution >= 4 is 33.5 Å². The largest absolute Gasteiger partial charge is 0.487 e. The van der Waals surface area contributed by atoms with Crippen molar-refractivity contribution in [3.63, 3.8) is 0 Å². The topological polar surface area (TPSA) is 35.5 Å². The predicted molar refractivity (Wildman–Crippen MR) is 90.5 cm³/mol. The van der Waals surface area contributed by atoms with Gasteiger partial charge < -0.3 is 9.47 Å². The highest BCUT2D eigenvalue weighted by Gasteiger charge is 2.14. The number of aryl methyl sites for hydroxylation is 1. The first-order valence-electron chi connectivity index (χ1n) is 6.99. The molecular weight excluding hydrogens is 387 g/mol. The molecule has 0 radical (unpaired) electrons. The van der Waals surface area contributed by atoms with E-state index >= 15 is 0 Å². The molecule has 0 fully saturated rings. The molecule has 0 spiro atoms. The molecular formula is C17H15BrClFO3. The highest BCUT2D eigenvalue weighted by molar-refractivity contribution is 9.10. The Bertz CT molecular complexity index is 734. The number of hydrogen-bond acceptors (Lipinski definition) is 3. The van der Waals surface area contributed by atoms with Crippen LogP contribution in [0.1, 0.15) is 24.5 Å². The fraction of sp³-hybridized carbons (Fsp3) is 0.235. The number of ether oxygens (including phenoxy) is 2. The number of carbonyl (C=O) groups excluding carboxylic acids is 1. The molecule has 0 amide bonds. The van der Waals surface area contributed by atoms with Crippen LogP contribution in [0.2, 0.25) is 5.02 Å². The molecule has 6 heteroatoms. The first kappa shape index (κ1) is 17.8. The van der Waals surface area contributed by atoms with Crippen LogP contribution in [0, 0.1) is 12.7 Å². The van der Waals surface area contributed by atoms with E-state index < -0.39 is 0 Å². The van der Waals surface area contributed by atoms with Crippen LogP contribution < -0.4 is 9.47 Å².